The first kappa shape index (κ1) is 11.8. The fourth-order valence-corrected chi connectivity index (χ4v) is 2.38. The highest BCUT2D eigenvalue weighted by atomic mass is 16.5. The van der Waals surface area contributed by atoms with E-state index in [9.17, 15) is 0 Å². The predicted octanol–water partition coefficient (Wildman–Crippen LogP) is 2.54. The van der Waals surface area contributed by atoms with Crippen LogP contribution in [0.4, 0.5) is 0 Å². The largest absolute Gasteiger partial charge is 0.383 e. The Hall–Kier alpha value is -1.32. The average molecular weight is 244 g/mol. The first-order chi connectivity index (χ1) is 8.88. The first-order valence-corrected chi connectivity index (χ1v) is 6.67. The van der Waals surface area contributed by atoms with Gasteiger partial charge in [0.25, 0.3) is 0 Å². The number of hydrogen-bond donors (Lipinski definition) is 1. The summed E-state index contributed by atoms with van der Waals surface area (Å²) in [5.41, 5.74) is 2.70. The van der Waals surface area contributed by atoms with Crippen molar-refractivity contribution in [3.05, 3.63) is 36.0 Å². The highest BCUT2D eigenvalue weighted by Crippen LogP contribution is 2.24. The molecule has 1 aliphatic rings. The standard InChI is InChI=1S/C15H20N2O/c1-18-9-8-17-11-12(10-16-13-6-7-13)14-4-2-3-5-15(14)17/h2-5,11,13,16H,6-10H2,1H3. The van der Waals surface area contributed by atoms with E-state index in [-0.39, 0.29) is 0 Å². The van der Waals surface area contributed by atoms with Crippen LogP contribution in [0.15, 0.2) is 30.5 Å². The summed E-state index contributed by atoms with van der Waals surface area (Å²) in [5, 5.41) is 4.95. The lowest BCUT2D eigenvalue weighted by molar-refractivity contribution is 0.188. The van der Waals surface area contributed by atoms with Gasteiger partial charge in [-0.1, -0.05) is 18.2 Å². The van der Waals surface area contributed by atoms with E-state index in [0.717, 1.165) is 25.7 Å². The minimum atomic E-state index is 0.756. The summed E-state index contributed by atoms with van der Waals surface area (Å²) in [6, 6.07) is 9.37. The van der Waals surface area contributed by atoms with E-state index in [1.807, 2.05) is 0 Å². The van der Waals surface area contributed by atoms with Crippen LogP contribution >= 0.6 is 0 Å². The van der Waals surface area contributed by atoms with Gasteiger partial charge in [0.1, 0.15) is 0 Å². The fraction of sp³-hybridized carbons (Fsp3) is 0.467. The fourth-order valence-electron chi connectivity index (χ4n) is 2.38. The highest BCUT2D eigenvalue weighted by Gasteiger charge is 2.20. The Kier molecular flexibility index (Phi) is 3.35. The van der Waals surface area contributed by atoms with Crippen molar-refractivity contribution in [2.45, 2.75) is 32.0 Å². The molecule has 0 saturated heterocycles. The van der Waals surface area contributed by atoms with E-state index in [4.69, 9.17) is 4.74 Å². The third-order valence-electron chi connectivity index (χ3n) is 3.57. The minimum absolute atomic E-state index is 0.756. The third-order valence-corrected chi connectivity index (χ3v) is 3.57. The van der Waals surface area contributed by atoms with Gasteiger partial charge in [0.2, 0.25) is 0 Å². The molecule has 1 aromatic carbocycles. The van der Waals surface area contributed by atoms with Crippen LogP contribution in [0, 0.1) is 0 Å². The summed E-state index contributed by atoms with van der Waals surface area (Å²) in [7, 11) is 1.75. The second kappa shape index (κ2) is 5.12. The zero-order chi connectivity index (χ0) is 12.4. The SMILES string of the molecule is COCCn1cc(CNC2CC2)c2ccccc21. The maximum absolute atomic E-state index is 5.18. The van der Waals surface area contributed by atoms with E-state index in [1.165, 1.54) is 29.3 Å². The summed E-state index contributed by atoms with van der Waals surface area (Å²) in [5.74, 6) is 0. The molecule has 96 valence electrons. The van der Waals surface area contributed by atoms with Crippen molar-refractivity contribution in [2.75, 3.05) is 13.7 Å². The van der Waals surface area contributed by atoms with E-state index in [1.54, 1.807) is 7.11 Å². The van der Waals surface area contributed by atoms with Crippen LogP contribution in [0.25, 0.3) is 10.9 Å². The molecule has 3 rings (SSSR count). The van der Waals surface area contributed by atoms with Crippen molar-refractivity contribution in [1.29, 1.82) is 0 Å². The zero-order valence-corrected chi connectivity index (χ0v) is 10.9. The monoisotopic (exact) mass is 244 g/mol. The molecule has 0 spiro atoms. The van der Waals surface area contributed by atoms with Gasteiger partial charge in [-0.05, 0) is 24.5 Å². The lowest BCUT2D eigenvalue weighted by Crippen LogP contribution is -2.15. The Balaban J connectivity index is 1.86. The van der Waals surface area contributed by atoms with Gasteiger partial charge in [0.15, 0.2) is 0 Å². The lowest BCUT2D eigenvalue weighted by Gasteiger charge is -2.03. The molecule has 1 fully saturated rings. The summed E-state index contributed by atoms with van der Waals surface area (Å²) >= 11 is 0. The minimum Gasteiger partial charge on any atom is -0.383 e. The molecule has 1 aromatic heterocycles. The molecular formula is C15H20N2O. The number of benzene rings is 1. The van der Waals surface area contributed by atoms with Crippen LogP contribution in [0.2, 0.25) is 0 Å². The van der Waals surface area contributed by atoms with E-state index >= 15 is 0 Å². The molecule has 0 unspecified atom stereocenters. The quantitative estimate of drug-likeness (QED) is 0.845. The normalized spacial score (nSPS) is 15.4. The van der Waals surface area contributed by atoms with Gasteiger partial charge >= 0.3 is 0 Å². The van der Waals surface area contributed by atoms with Gasteiger partial charge in [-0.15, -0.1) is 0 Å². The van der Waals surface area contributed by atoms with Crippen molar-refractivity contribution in [3.8, 4) is 0 Å². The summed E-state index contributed by atoms with van der Waals surface area (Å²) in [6.07, 6.45) is 4.93. The number of ether oxygens (including phenoxy) is 1. The highest BCUT2D eigenvalue weighted by molar-refractivity contribution is 5.83. The number of nitrogens with zero attached hydrogens (tertiary/aromatic N) is 1. The van der Waals surface area contributed by atoms with Crippen LogP contribution < -0.4 is 5.32 Å². The zero-order valence-electron chi connectivity index (χ0n) is 10.9. The van der Waals surface area contributed by atoms with E-state index in [0.29, 0.717) is 0 Å². The molecule has 1 aliphatic carbocycles. The molecule has 3 nitrogen and oxygen atoms in total. The van der Waals surface area contributed by atoms with Crippen LogP contribution in [-0.4, -0.2) is 24.3 Å². The van der Waals surface area contributed by atoms with Gasteiger partial charge in [-0.3, -0.25) is 0 Å². The molecule has 3 heteroatoms. The van der Waals surface area contributed by atoms with Gasteiger partial charge in [-0.2, -0.15) is 0 Å². The van der Waals surface area contributed by atoms with Crippen molar-refractivity contribution >= 4 is 10.9 Å². The number of rotatable bonds is 6. The predicted molar refractivity (Wildman–Crippen MR) is 73.7 cm³/mol. The third kappa shape index (κ3) is 2.42. The van der Waals surface area contributed by atoms with E-state index in [2.05, 4.69) is 40.3 Å². The number of para-hydroxylation sites is 1. The van der Waals surface area contributed by atoms with Crippen molar-refractivity contribution < 1.29 is 4.74 Å². The van der Waals surface area contributed by atoms with Gasteiger partial charge in [-0.25, -0.2) is 0 Å². The molecule has 1 N–H and O–H groups in total. The second-order valence-corrected chi connectivity index (χ2v) is 5.01. The maximum atomic E-state index is 5.18. The summed E-state index contributed by atoms with van der Waals surface area (Å²) in [4.78, 5) is 0. The number of methoxy groups -OCH3 is 1. The van der Waals surface area contributed by atoms with Gasteiger partial charge < -0.3 is 14.6 Å². The number of hydrogen-bond acceptors (Lipinski definition) is 2. The maximum Gasteiger partial charge on any atom is 0.0641 e. The van der Waals surface area contributed by atoms with Crippen LogP contribution in [0.3, 0.4) is 0 Å². The van der Waals surface area contributed by atoms with Crippen molar-refractivity contribution in [1.82, 2.24) is 9.88 Å². The molecule has 1 saturated carbocycles. The Morgan fingerprint density at radius 1 is 1.33 bits per heavy atom. The molecule has 0 radical (unpaired) electrons. The van der Waals surface area contributed by atoms with Crippen molar-refractivity contribution in [3.63, 3.8) is 0 Å². The molecule has 0 atom stereocenters. The second-order valence-electron chi connectivity index (χ2n) is 5.01. The smallest absolute Gasteiger partial charge is 0.0641 e. The Bertz CT molecular complexity index is 528. The van der Waals surface area contributed by atoms with Gasteiger partial charge in [0.05, 0.1) is 6.61 Å². The molecule has 0 bridgehead atoms. The number of fused-ring (bicyclic) bond motifs is 1. The van der Waals surface area contributed by atoms with E-state index < -0.39 is 0 Å². The molecule has 18 heavy (non-hydrogen) atoms. The van der Waals surface area contributed by atoms with Crippen LogP contribution in [0.1, 0.15) is 18.4 Å². The van der Waals surface area contributed by atoms with Crippen molar-refractivity contribution in [2.24, 2.45) is 0 Å². The molecule has 1 heterocycles. The molecular weight excluding hydrogens is 224 g/mol. The molecule has 0 aliphatic heterocycles. The summed E-state index contributed by atoms with van der Waals surface area (Å²) in [6.45, 7) is 2.65. The Morgan fingerprint density at radius 3 is 2.94 bits per heavy atom. The molecule has 2 aromatic rings. The van der Waals surface area contributed by atoms with Crippen LogP contribution in [-0.2, 0) is 17.8 Å². The Labute approximate surface area is 108 Å². The summed E-state index contributed by atoms with van der Waals surface area (Å²) < 4.78 is 7.47. The topological polar surface area (TPSA) is 26.2 Å². The Morgan fingerprint density at radius 2 is 2.17 bits per heavy atom. The van der Waals surface area contributed by atoms with Gasteiger partial charge in [0, 0.05) is 43.3 Å². The average Bonchev–Trinajstić information content (AvgIpc) is 3.17. The number of nitrogens with one attached hydrogen (secondary N) is 1. The first-order valence-electron chi connectivity index (χ1n) is 6.67. The number of aromatic nitrogens is 1. The molecule has 0 amide bonds. The van der Waals surface area contributed by atoms with Crippen LogP contribution in [0.5, 0.6) is 0 Å². The lowest BCUT2D eigenvalue weighted by atomic mass is 10.2.